The Bertz CT molecular complexity index is 1750. The minimum Gasteiger partial charge on any atom is -0.489 e. The van der Waals surface area contributed by atoms with Crippen molar-refractivity contribution in [3.63, 3.8) is 0 Å². The molecule has 1 unspecified atom stereocenters. The van der Waals surface area contributed by atoms with Crippen LogP contribution in [0.15, 0.2) is 90.0 Å². The predicted molar refractivity (Wildman–Crippen MR) is 171 cm³/mol. The van der Waals surface area contributed by atoms with Crippen molar-refractivity contribution < 1.29 is 14.6 Å². The number of rotatable bonds is 9. The maximum atomic E-state index is 12.2. The van der Waals surface area contributed by atoms with Gasteiger partial charge in [0.1, 0.15) is 12.4 Å². The van der Waals surface area contributed by atoms with Crippen molar-refractivity contribution >= 4 is 40.2 Å². The summed E-state index contributed by atoms with van der Waals surface area (Å²) in [6.45, 7) is 6.93. The summed E-state index contributed by atoms with van der Waals surface area (Å²) in [5.41, 5.74) is 6.68. The minimum atomic E-state index is -0.912. The molecule has 0 bridgehead atoms. The Morgan fingerprint density at radius 3 is 2.48 bits per heavy atom. The second-order valence-electron chi connectivity index (χ2n) is 11.6. The van der Waals surface area contributed by atoms with Gasteiger partial charge in [0.05, 0.1) is 16.6 Å². The average Bonchev–Trinajstić information content (AvgIpc) is 3.26. The largest absolute Gasteiger partial charge is 0.489 e. The van der Waals surface area contributed by atoms with E-state index in [0.717, 1.165) is 45.8 Å². The van der Waals surface area contributed by atoms with Crippen LogP contribution in [0, 0.1) is 5.41 Å². The van der Waals surface area contributed by atoms with E-state index in [1.807, 2.05) is 54.2 Å². The van der Waals surface area contributed by atoms with E-state index in [1.54, 1.807) is 20.0 Å². The molecule has 0 saturated heterocycles. The molecule has 5 nitrogen and oxygen atoms in total. The number of aliphatic carboxylic acids is 1. The normalized spacial score (nSPS) is 14.7. The van der Waals surface area contributed by atoms with E-state index < -0.39 is 11.4 Å². The van der Waals surface area contributed by atoms with Gasteiger partial charge in [-0.2, -0.15) is 0 Å². The highest BCUT2D eigenvalue weighted by molar-refractivity contribution is 8.00. The molecule has 0 radical (unpaired) electrons. The SMILES string of the molecule is CC1Cc2c(OCc3ccc(-c4ccccn4)cc3)ccc3c2c(c(CC(C)(C)C(=O)O)n3Cc2ccc(Cl)cc2)S1. The molecule has 0 aliphatic carbocycles. The summed E-state index contributed by atoms with van der Waals surface area (Å²) in [5.74, 6) is 0.0857. The Hall–Kier alpha value is -3.74. The number of nitrogens with zero attached hydrogens (tertiary/aromatic N) is 2. The lowest BCUT2D eigenvalue weighted by Crippen LogP contribution is -2.28. The number of halogens is 1. The van der Waals surface area contributed by atoms with Crippen molar-refractivity contribution in [1.82, 2.24) is 9.55 Å². The van der Waals surface area contributed by atoms with Crippen LogP contribution in [-0.2, 0) is 30.8 Å². The van der Waals surface area contributed by atoms with Gasteiger partial charge in [0.2, 0.25) is 0 Å². The molecule has 1 aliphatic rings. The molecule has 214 valence electrons. The van der Waals surface area contributed by atoms with E-state index in [2.05, 4.69) is 52.9 Å². The summed E-state index contributed by atoms with van der Waals surface area (Å²) < 4.78 is 8.78. The molecule has 0 spiro atoms. The van der Waals surface area contributed by atoms with Crippen LogP contribution in [0.4, 0.5) is 0 Å². The van der Waals surface area contributed by atoms with Crippen LogP contribution < -0.4 is 4.74 Å². The third-order valence-electron chi connectivity index (χ3n) is 7.92. The van der Waals surface area contributed by atoms with Gasteiger partial charge in [-0.1, -0.05) is 61.0 Å². The lowest BCUT2D eigenvalue weighted by molar-refractivity contribution is -0.146. The average molecular weight is 597 g/mol. The third kappa shape index (κ3) is 5.66. The highest BCUT2D eigenvalue weighted by atomic mass is 35.5. The van der Waals surface area contributed by atoms with Crippen LogP contribution in [0.3, 0.4) is 0 Å². The first-order chi connectivity index (χ1) is 20.2. The number of carboxylic acid groups (broad SMARTS) is 1. The standard InChI is InChI=1S/C35H33ClN2O3S/c1-22-18-27-31(41-21-24-7-11-25(12-8-24)28-6-4-5-17-37-28)16-15-29-32(27)33(42-22)30(19-35(2,3)34(39)40)38(29)20-23-9-13-26(36)14-10-23/h4-17,22H,18-21H2,1-3H3,(H,39,40). The maximum Gasteiger partial charge on any atom is 0.309 e. The van der Waals surface area contributed by atoms with Gasteiger partial charge in [0, 0.05) is 56.5 Å². The lowest BCUT2D eigenvalue weighted by atomic mass is 9.87. The van der Waals surface area contributed by atoms with Gasteiger partial charge < -0.3 is 14.4 Å². The van der Waals surface area contributed by atoms with E-state index in [0.29, 0.717) is 29.8 Å². The zero-order chi connectivity index (χ0) is 29.4. The molecule has 2 aromatic heterocycles. The number of ether oxygens (including phenoxy) is 1. The van der Waals surface area contributed by atoms with Crippen LogP contribution in [-0.4, -0.2) is 25.9 Å². The van der Waals surface area contributed by atoms with Crippen molar-refractivity contribution in [2.75, 3.05) is 0 Å². The number of thioether (sulfide) groups is 1. The van der Waals surface area contributed by atoms with Crippen LogP contribution in [0.1, 0.15) is 43.2 Å². The molecule has 42 heavy (non-hydrogen) atoms. The number of benzene rings is 3. The summed E-state index contributed by atoms with van der Waals surface area (Å²) in [5, 5.41) is 12.2. The van der Waals surface area contributed by atoms with E-state index >= 15 is 0 Å². The van der Waals surface area contributed by atoms with Crippen LogP contribution in [0.2, 0.25) is 5.02 Å². The zero-order valence-corrected chi connectivity index (χ0v) is 25.5. The number of hydrogen-bond acceptors (Lipinski definition) is 4. The van der Waals surface area contributed by atoms with Crippen LogP contribution in [0.25, 0.3) is 22.2 Å². The van der Waals surface area contributed by atoms with E-state index in [4.69, 9.17) is 16.3 Å². The molecule has 3 heterocycles. The summed E-state index contributed by atoms with van der Waals surface area (Å²) in [6.07, 6.45) is 3.12. The second-order valence-corrected chi connectivity index (χ2v) is 13.5. The summed E-state index contributed by atoms with van der Waals surface area (Å²) in [4.78, 5) is 17.8. The van der Waals surface area contributed by atoms with E-state index in [1.165, 1.54) is 15.8 Å². The van der Waals surface area contributed by atoms with Crippen molar-refractivity contribution in [2.24, 2.45) is 5.41 Å². The van der Waals surface area contributed by atoms with E-state index in [-0.39, 0.29) is 0 Å². The fraction of sp³-hybridized carbons (Fsp3) is 0.257. The smallest absolute Gasteiger partial charge is 0.309 e. The Kier molecular flexibility index (Phi) is 7.77. The fourth-order valence-electron chi connectivity index (χ4n) is 5.59. The number of carboxylic acids is 1. The molecule has 1 atom stereocenters. The van der Waals surface area contributed by atoms with Gasteiger partial charge in [-0.3, -0.25) is 9.78 Å². The minimum absolute atomic E-state index is 0.334. The van der Waals surface area contributed by atoms with Crippen LogP contribution in [0.5, 0.6) is 5.75 Å². The van der Waals surface area contributed by atoms with E-state index in [9.17, 15) is 9.90 Å². The quantitative estimate of drug-likeness (QED) is 0.184. The molecule has 0 saturated carbocycles. The molecular formula is C35H33ClN2O3S. The first kappa shape index (κ1) is 28.4. The third-order valence-corrected chi connectivity index (χ3v) is 9.41. The Morgan fingerprint density at radius 2 is 1.79 bits per heavy atom. The highest BCUT2D eigenvalue weighted by Crippen LogP contribution is 2.48. The van der Waals surface area contributed by atoms with Gasteiger partial charge in [-0.05, 0) is 67.8 Å². The topological polar surface area (TPSA) is 64.3 Å². The number of pyridine rings is 1. The van der Waals surface area contributed by atoms with Crippen molar-refractivity contribution in [2.45, 2.75) is 56.9 Å². The molecule has 6 rings (SSSR count). The van der Waals surface area contributed by atoms with Gasteiger partial charge in [0.25, 0.3) is 0 Å². The molecule has 0 fully saturated rings. The van der Waals surface area contributed by atoms with Gasteiger partial charge in [0.15, 0.2) is 0 Å². The number of hydrogen-bond donors (Lipinski definition) is 1. The zero-order valence-electron chi connectivity index (χ0n) is 23.9. The molecule has 3 aromatic carbocycles. The van der Waals surface area contributed by atoms with Gasteiger partial charge in [-0.25, -0.2) is 0 Å². The molecule has 5 aromatic rings. The molecule has 1 N–H and O–H groups in total. The maximum absolute atomic E-state index is 12.2. The molecule has 7 heteroatoms. The monoisotopic (exact) mass is 596 g/mol. The Labute approximate surface area is 255 Å². The lowest BCUT2D eigenvalue weighted by Gasteiger charge is -2.24. The first-order valence-electron chi connectivity index (χ1n) is 14.1. The fourth-order valence-corrected chi connectivity index (χ4v) is 7.03. The first-order valence-corrected chi connectivity index (χ1v) is 15.4. The Morgan fingerprint density at radius 1 is 1.05 bits per heavy atom. The van der Waals surface area contributed by atoms with Crippen molar-refractivity contribution in [3.05, 3.63) is 112 Å². The van der Waals surface area contributed by atoms with Crippen LogP contribution >= 0.6 is 23.4 Å². The van der Waals surface area contributed by atoms with Crippen molar-refractivity contribution in [3.8, 4) is 17.0 Å². The van der Waals surface area contributed by atoms with Gasteiger partial charge in [-0.15, -0.1) is 11.8 Å². The summed E-state index contributed by atoms with van der Waals surface area (Å²) in [6, 6.07) is 26.3. The Balaban J connectivity index is 1.37. The number of aromatic nitrogens is 2. The molecular weight excluding hydrogens is 564 g/mol. The second kappa shape index (κ2) is 11.5. The predicted octanol–water partition coefficient (Wildman–Crippen LogP) is 8.67. The molecule has 1 aliphatic heterocycles. The summed E-state index contributed by atoms with van der Waals surface area (Å²) in [7, 11) is 0. The molecule has 0 amide bonds. The highest BCUT2D eigenvalue weighted by Gasteiger charge is 2.34. The number of carbonyl (C=O) groups is 1. The van der Waals surface area contributed by atoms with Crippen molar-refractivity contribution in [1.29, 1.82) is 0 Å². The summed E-state index contributed by atoms with van der Waals surface area (Å²) >= 11 is 8.01. The van der Waals surface area contributed by atoms with Gasteiger partial charge >= 0.3 is 5.97 Å².